The summed E-state index contributed by atoms with van der Waals surface area (Å²) in [6.07, 6.45) is 2.04. The molecule has 0 spiro atoms. The second-order valence-corrected chi connectivity index (χ2v) is 5.60. The molecule has 2 aromatic rings. The fourth-order valence-corrected chi connectivity index (χ4v) is 2.57. The number of hydrogen-bond donors (Lipinski definition) is 0. The molecule has 0 saturated heterocycles. The van der Waals surface area contributed by atoms with Crippen molar-refractivity contribution in [2.24, 2.45) is 0 Å². The van der Waals surface area contributed by atoms with E-state index < -0.39 is 0 Å². The van der Waals surface area contributed by atoms with Crippen LogP contribution in [0.25, 0.3) is 0 Å². The standard InChI is InChI=1S/C15H17N3O3/c1-9(2)15-16-13(21-17-15)8-18-11-4-3-5-12(19)10(11)6-7-14(18)20/h6-7,9H,3-5,8H2,1-2H3. The van der Waals surface area contributed by atoms with E-state index in [-0.39, 0.29) is 23.8 Å². The molecular formula is C15H17N3O3. The van der Waals surface area contributed by atoms with Crippen LogP contribution in [-0.2, 0) is 13.0 Å². The minimum absolute atomic E-state index is 0.0957. The van der Waals surface area contributed by atoms with E-state index in [1.807, 2.05) is 13.8 Å². The maximum absolute atomic E-state index is 12.1. The van der Waals surface area contributed by atoms with Crippen LogP contribution in [0.5, 0.6) is 0 Å². The zero-order valence-electron chi connectivity index (χ0n) is 12.1. The summed E-state index contributed by atoms with van der Waals surface area (Å²) in [6.45, 7) is 4.17. The maximum atomic E-state index is 12.1. The first-order valence-electron chi connectivity index (χ1n) is 7.14. The van der Waals surface area contributed by atoms with Crippen LogP contribution in [0.3, 0.4) is 0 Å². The van der Waals surface area contributed by atoms with Crippen molar-refractivity contribution in [1.29, 1.82) is 0 Å². The predicted octanol–water partition coefficient (Wildman–Crippen LogP) is 1.92. The van der Waals surface area contributed by atoms with Gasteiger partial charge in [0.2, 0.25) is 5.89 Å². The van der Waals surface area contributed by atoms with Crippen LogP contribution in [0.15, 0.2) is 21.5 Å². The third-order valence-electron chi connectivity index (χ3n) is 3.71. The van der Waals surface area contributed by atoms with E-state index >= 15 is 0 Å². The molecule has 0 atom stereocenters. The Morgan fingerprint density at radius 3 is 2.81 bits per heavy atom. The number of rotatable bonds is 3. The molecule has 1 aliphatic rings. The average Bonchev–Trinajstić information content (AvgIpc) is 2.91. The number of carbonyl (C=O) groups excluding carboxylic acids is 1. The van der Waals surface area contributed by atoms with Gasteiger partial charge < -0.3 is 9.09 Å². The van der Waals surface area contributed by atoms with E-state index in [0.717, 1.165) is 18.5 Å². The molecule has 0 bridgehead atoms. The van der Waals surface area contributed by atoms with Crippen molar-refractivity contribution < 1.29 is 9.32 Å². The average molecular weight is 287 g/mol. The number of ketones is 1. The van der Waals surface area contributed by atoms with Crippen LogP contribution in [0, 0.1) is 0 Å². The Hall–Kier alpha value is -2.24. The minimum atomic E-state index is -0.146. The van der Waals surface area contributed by atoms with Gasteiger partial charge in [-0.05, 0) is 18.9 Å². The molecule has 0 amide bonds. The molecule has 110 valence electrons. The summed E-state index contributed by atoms with van der Waals surface area (Å²) >= 11 is 0. The molecule has 0 N–H and O–H groups in total. The Balaban J connectivity index is 2.00. The summed E-state index contributed by atoms with van der Waals surface area (Å²) in [4.78, 5) is 28.3. The Morgan fingerprint density at radius 1 is 1.29 bits per heavy atom. The zero-order valence-corrected chi connectivity index (χ0v) is 12.1. The topological polar surface area (TPSA) is 78.0 Å². The zero-order chi connectivity index (χ0) is 15.0. The third-order valence-corrected chi connectivity index (χ3v) is 3.71. The highest BCUT2D eigenvalue weighted by molar-refractivity contribution is 5.97. The molecule has 0 aromatic carbocycles. The lowest BCUT2D eigenvalue weighted by Crippen LogP contribution is -2.28. The van der Waals surface area contributed by atoms with Gasteiger partial charge in [0.15, 0.2) is 11.6 Å². The van der Waals surface area contributed by atoms with Crippen molar-refractivity contribution in [3.63, 3.8) is 0 Å². The van der Waals surface area contributed by atoms with Gasteiger partial charge in [0.1, 0.15) is 6.54 Å². The summed E-state index contributed by atoms with van der Waals surface area (Å²) in [5.74, 6) is 1.29. The third kappa shape index (κ3) is 2.53. The predicted molar refractivity (Wildman–Crippen MR) is 75.5 cm³/mol. The van der Waals surface area contributed by atoms with Gasteiger partial charge >= 0.3 is 0 Å². The Bertz CT molecular complexity index is 743. The summed E-state index contributed by atoms with van der Waals surface area (Å²) in [5.41, 5.74) is 1.28. The van der Waals surface area contributed by atoms with Crippen LogP contribution in [0.1, 0.15) is 60.4 Å². The molecule has 21 heavy (non-hydrogen) atoms. The molecule has 6 heteroatoms. The van der Waals surface area contributed by atoms with Crippen molar-refractivity contribution in [3.05, 3.63) is 45.5 Å². The first-order valence-corrected chi connectivity index (χ1v) is 7.14. The minimum Gasteiger partial charge on any atom is -0.337 e. The molecule has 0 fully saturated rings. The molecule has 3 rings (SSSR count). The van der Waals surface area contributed by atoms with E-state index in [4.69, 9.17) is 4.52 Å². The summed E-state index contributed by atoms with van der Waals surface area (Å²) in [6, 6.07) is 3.06. The highest BCUT2D eigenvalue weighted by atomic mass is 16.5. The number of Topliss-reactive ketones (excluding diaryl/α,β-unsaturated/α-hetero) is 1. The van der Waals surface area contributed by atoms with Gasteiger partial charge in [-0.25, -0.2) is 0 Å². The van der Waals surface area contributed by atoms with E-state index in [0.29, 0.717) is 23.7 Å². The van der Waals surface area contributed by atoms with Crippen molar-refractivity contribution in [1.82, 2.24) is 14.7 Å². The fraction of sp³-hybridized carbons (Fsp3) is 0.467. The van der Waals surface area contributed by atoms with Gasteiger partial charge in [0.05, 0.1) is 0 Å². The van der Waals surface area contributed by atoms with Gasteiger partial charge in [0.25, 0.3) is 5.56 Å². The Labute approximate surface area is 121 Å². The van der Waals surface area contributed by atoms with Gasteiger partial charge in [-0.2, -0.15) is 4.98 Å². The number of carbonyl (C=O) groups is 1. The monoisotopic (exact) mass is 287 g/mol. The largest absolute Gasteiger partial charge is 0.337 e. The van der Waals surface area contributed by atoms with Crippen LogP contribution in [0.4, 0.5) is 0 Å². The number of aromatic nitrogens is 3. The molecule has 1 aliphatic carbocycles. The molecule has 0 saturated carbocycles. The summed E-state index contributed by atoms with van der Waals surface area (Å²) in [5, 5.41) is 3.90. The van der Waals surface area contributed by atoms with Gasteiger partial charge in [0, 0.05) is 29.7 Å². The van der Waals surface area contributed by atoms with E-state index in [2.05, 4.69) is 10.1 Å². The molecule has 0 radical (unpaired) electrons. The Morgan fingerprint density at radius 2 is 2.10 bits per heavy atom. The van der Waals surface area contributed by atoms with Crippen molar-refractivity contribution in [3.8, 4) is 0 Å². The van der Waals surface area contributed by atoms with Crippen LogP contribution < -0.4 is 5.56 Å². The van der Waals surface area contributed by atoms with E-state index in [1.54, 1.807) is 10.6 Å². The maximum Gasteiger partial charge on any atom is 0.251 e. The SMILES string of the molecule is CC(C)c1noc(Cn2c3c(ccc2=O)C(=O)CCC3)n1. The fourth-order valence-electron chi connectivity index (χ4n) is 2.57. The Kier molecular flexibility index (Phi) is 3.45. The van der Waals surface area contributed by atoms with E-state index in [1.165, 1.54) is 6.07 Å². The quantitative estimate of drug-likeness (QED) is 0.861. The molecule has 0 unspecified atom stereocenters. The lowest BCUT2D eigenvalue weighted by atomic mass is 9.94. The van der Waals surface area contributed by atoms with Gasteiger partial charge in [-0.3, -0.25) is 9.59 Å². The molecule has 6 nitrogen and oxygen atoms in total. The van der Waals surface area contributed by atoms with Crippen LogP contribution in [0.2, 0.25) is 0 Å². The number of pyridine rings is 1. The second kappa shape index (κ2) is 5.27. The van der Waals surface area contributed by atoms with Gasteiger partial charge in [-0.1, -0.05) is 19.0 Å². The normalized spacial score (nSPS) is 14.5. The molecule has 2 heterocycles. The van der Waals surface area contributed by atoms with Crippen molar-refractivity contribution in [2.75, 3.05) is 0 Å². The number of fused-ring (bicyclic) bond motifs is 1. The van der Waals surface area contributed by atoms with Crippen molar-refractivity contribution >= 4 is 5.78 Å². The lowest BCUT2D eigenvalue weighted by molar-refractivity contribution is 0.0970. The lowest BCUT2D eigenvalue weighted by Gasteiger charge is -2.18. The van der Waals surface area contributed by atoms with Crippen molar-refractivity contribution in [2.45, 2.75) is 45.6 Å². The first-order chi connectivity index (χ1) is 10.1. The van der Waals surface area contributed by atoms with Gasteiger partial charge in [-0.15, -0.1) is 0 Å². The molecule has 0 aliphatic heterocycles. The summed E-state index contributed by atoms with van der Waals surface area (Å²) in [7, 11) is 0. The summed E-state index contributed by atoms with van der Waals surface area (Å²) < 4.78 is 6.77. The first kappa shape index (κ1) is 13.7. The van der Waals surface area contributed by atoms with Crippen LogP contribution in [-0.4, -0.2) is 20.5 Å². The molecule has 2 aromatic heterocycles. The van der Waals surface area contributed by atoms with E-state index in [9.17, 15) is 9.59 Å². The number of hydrogen-bond acceptors (Lipinski definition) is 5. The smallest absolute Gasteiger partial charge is 0.251 e. The molecular weight excluding hydrogens is 270 g/mol. The highest BCUT2D eigenvalue weighted by Gasteiger charge is 2.21. The number of nitrogens with zero attached hydrogens (tertiary/aromatic N) is 3. The second-order valence-electron chi connectivity index (χ2n) is 5.60. The highest BCUT2D eigenvalue weighted by Crippen LogP contribution is 2.20. The van der Waals surface area contributed by atoms with Crippen LogP contribution >= 0.6 is 0 Å².